The van der Waals surface area contributed by atoms with Gasteiger partial charge in [0.15, 0.2) is 0 Å². The van der Waals surface area contributed by atoms with Crippen molar-refractivity contribution in [2.75, 3.05) is 0 Å². The fourth-order valence-electron chi connectivity index (χ4n) is 7.84. The van der Waals surface area contributed by atoms with Crippen molar-refractivity contribution in [2.24, 2.45) is 0 Å². The summed E-state index contributed by atoms with van der Waals surface area (Å²) in [5, 5.41) is 28.0. The quantitative estimate of drug-likeness (QED) is 0.196. The van der Waals surface area contributed by atoms with Crippen molar-refractivity contribution >= 4 is 65.6 Å². The van der Waals surface area contributed by atoms with Crippen molar-refractivity contribution in [2.45, 2.75) is 0 Å². The molecule has 5 nitrogen and oxygen atoms in total. The smallest absolute Gasteiger partial charge is 0.137 e. The van der Waals surface area contributed by atoms with Gasteiger partial charge in [-0.2, -0.15) is 10.5 Å². The van der Waals surface area contributed by atoms with Crippen molar-refractivity contribution in [3.63, 3.8) is 0 Å². The molecule has 0 bridgehead atoms. The molecular weight excluding hydrogens is 601 g/mol. The number of para-hydroxylation sites is 5. The van der Waals surface area contributed by atoms with Gasteiger partial charge in [-0.3, -0.25) is 0 Å². The van der Waals surface area contributed by atoms with E-state index >= 15 is 0 Å². The van der Waals surface area contributed by atoms with Crippen molar-refractivity contribution in [3.8, 4) is 34.6 Å². The Labute approximate surface area is 280 Å². The average Bonchev–Trinajstić information content (AvgIpc) is 3.82. The molecule has 7 aromatic carbocycles. The number of nitriles is 2. The van der Waals surface area contributed by atoms with Gasteiger partial charge >= 0.3 is 0 Å². The molecule has 0 saturated carbocycles. The first-order valence-electron chi connectivity index (χ1n) is 16.2. The zero-order valence-corrected chi connectivity index (χ0v) is 26.1. The van der Waals surface area contributed by atoms with E-state index in [4.69, 9.17) is 4.42 Å². The molecule has 3 aromatic heterocycles. The molecule has 10 rings (SSSR count). The van der Waals surface area contributed by atoms with Gasteiger partial charge in [-0.25, -0.2) is 0 Å². The van der Waals surface area contributed by atoms with Crippen molar-refractivity contribution in [1.82, 2.24) is 9.13 Å². The third kappa shape index (κ3) is 3.67. The molecule has 0 N–H and O–H groups in total. The number of rotatable bonds is 3. The summed E-state index contributed by atoms with van der Waals surface area (Å²) in [6, 6.07) is 54.0. The van der Waals surface area contributed by atoms with E-state index in [0.717, 1.165) is 88.1 Å². The first-order valence-corrected chi connectivity index (χ1v) is 16.2. The Kier molecular flexibility index (Phi) is 5.64. The highest BCUT2D eigenvalue weighted by Gasteiger charge is 2.24. The second kappa shape index (κ2) is 10.2. The zero-order chi connectivity index (χ0) is 32.6. The van der Waals surface area contributed by atoms with Crippen LogP contribution in [-0.4, -0.2) is 9.13 Å². The zero-order valence-electron chi connectivity index (χ0n) is 26.1. The van der Waals surface area contributed by atoms with Gasteiger partial charge in [-0.05, 0) is 48.5 Å². The predicted octanol–water partition coefficient (Wildman–Crippen LogP) is 11.2. The minimum Gasteiger partial charge on any atom is -0.456 e. The summed E-state index contributed by atoms with van der Waals surface area (Å²) in [5.41, 5.74) is 9.73. The first-order chi connectivity index (χ1) is 24.3. The van der Waals surface area contributed by atoms with Crippen LogP contribution in [0.25, 0.3) is 88.1 Å². The second-order valence-electron chi connectivity index (χ2n) is 12.3. The maximum atomic E-state index is 11.1. The minimum atomic E-state index is 0.520. The van der Waals surface area contributed by atoms with Gasteiger partial charge in [-0.1, -0.05) is 97.1 Å². The molecule has 0 unspecified atom stereocenters. The lowest BCUT2D eigenvalue weighted by Gasteiger charge is -2.18. The molecule has 0 fully saturated rings. The molecule has 0 atom stereocenters. The molecule has 10 aromatic rings. The fraction of sp³-hybridized carbons (Fsp3) is 0. The Morgan fingerprint density at radius 2 is 1.04 bits per heavy atom. The topological polar surface area (TPSA) is 70.6 Å². The lowest BCUT2D eigenvalue weighted by Crippen LogP contribution is -2.04. The Morgan fingerprint density at radius 1 is 0.449 bits per heavy atom. The monoisotopic (exact) mass is 624 g/mol. The summed E-state index contributed by atoms with van der Waals surface area (Å²) in [5.74, 6) is 0. The highest BCUT2D eigenvalue weighted by molar-refractivity contribution is 6.24. The van der Waals surface area contributed by atoms with Gasteiger partial charge in [0.25, 0.3) is 0 Å². The lowest BCUT2D eigenvalue weighted by molar-refractivity contribution is 0.669. The lowest BCUT2D eigenvalue weighted by atomic mass is 9.94. The van der Waals surface area contributed by atoms with Crippen LogP contribution < -0.4 is 0 Å². The minimum absolute atomic E-state index is 0.520. The first kappa shape index (κ1) is 27.1. The van der Waals surface area contributed by atoms with Gasteiger partial charge in [0.1, 0.15) is 23.3 Å². The number of benzene rings is 7. The van der Waals surface area contributed by atoms with Gasteiger partial charge < -0.3 is 13.6 Å². The van der Waals surface area contributed by atoms with Crippen LogP contribution in [0.15, 0.2) is 150 Å². The number of aromatic nitrogens is 2. The highest BCUT2D eigenvalue weighted by atomic mass is 16.3. The van der Waals surface area contributed by atoms with Crippen LogP contribution in [0.2, 0.25) is 0 Å². The van der Waals surface area contributed by atoms with Crippen LogP contribution in [-0.2, 0) is 0 Å². The molecule has 0 saturated heterocycles. The molecule has 0 amide bonds. The summed E-state index contributed by atoms with van der Waals surface area (Å²) >= 11 is 0. The molecule has 5 heteroatoms. The van der Waals surface area contributed by atoms with Crippen molar-refractivity contribution in [3.05, 3.63) is 157 Å². The molecule has 0 aliphatic heterocycles. The molecule has 3 heterocycles. The van der Waals surface area contributed by atoms with Crippen LogP contribution in [0.3, 0.4) is 0 Å². The maximum absolute atomic E-state index is 11.1. The predicted molar refractivity (Wildman–Crippen MR) is 197 cm³/mol. The Balaban J connectivity index is 1.34. The summed E-state index contributed by atoms with van der Waals surface area (Å²) in [6.07, 6.45) is 0. The number of furan rings is 1. The number of nitrogens with zero attached hydrogens (tertiary/aromatic N) is 4. The number of fused-ring (bicyclic) bond motifs is 10. The van der Waals surface area contributed by atoms with Gasteiger partial charge in [0, 0.05) is 38.1 Å². The Bertz CT molecular complexity index is 3030. The van der Waals surface area contributed by atoms with E-state index < -0.39 is 0 Å². The molecule has 226 valence electrons. The average molecular weight is 625 g/mol. The summed E-state index contributed by atoms with van der Waals surface area (Å²) < 4.78 is 10.7. The van der Waals surface area contributed by atoms with Gasteiger partial charge in [-0.15, -0.1) is 0 Å². The molecule has 49 heavy (non-hydrogen) atoms. The molecule has 0 radical (unpaired) electrons. The van der Waals surface area contributed by atoms with Crippen LogP contribution in [0, 0.1) is 22.7 Å². The summed E-state index contributed by atoms with van der Waals surface area (Å²) in [7, 11) is 0. The van der Waals surface area contributed by atoms with Gasteiger partial charge in [0.2, 0.25) is 0 Å². The summed E-state index contributed by atoms with van der Waals surface area (Å²) in [6.45, 7) is 0. The van der Waals surface area contributed by atoms with Crippen LogP contribution in [0.1, 0.15) is 11.1 Å². The fourth-order valence-corrected chi connectivity index (χ4v) is 7.84. The van der Waals surface area contributed by atoms with E-state index in [2.05, 4.69) is 75.9 Å². The number of hydrogen-bond donors (Lipinski definition) is 0. The Hall–Kier alpha value is -7.08. The third-order valence-electron chi connectivity index (χ3n) is 9.82. The van der Waals surface area contributed by atoms with E-state index in [0.29, 0.717) is 11.1 Å². The highest BCUT2D eigenvalue weighted by Crippen LogP contribution is 2.44. The second-order valence-corrected chi connectivity index (χ2v) is 12.3. The van der Waals surface area contributed by atoms with Crippen molar-refractivity contribution < 1.29 is 4.42 Å². The standard InChI is InChI=1S/C44H24N4O/c45-25-27-11-9-17-32(43(27)47-36-18-5-1-12-29(36)30-13-2-6-19-37(30)47)28-16-10-21-39(35(28)26-46)48-38-20-7-3-14-31(38)33-23-24-41-42(44(33)48)34-15-4-8-22-40(34)49-41/h1-24H. The van der Waals surface area contributed by atoms with Crippen molar-refractivity contribution in [1.29, 1.82) is 10.5 Å². The molecule has 0 aliphatic rings. The van der Waals surface area contributed by atoms with E-state index in [1.54, 1.807) is 0 Å². The third-order valence-corrected chi connectivity index (χ3v) is 9.82. The largest absolute Gasteiger partial charge is 0.456 e. The molecule has 0 aliphatic carbocycles. The molecular formula is C44H24N4O. The summed E-state index contributed by atoms with van der Waals surface area (Å²) in [4.78, 5) is 0. The van der Waals surface area contributed by atoms with E-state index in [1.807, 2.05) is 91.0 Å². The van der Waals surface area contributed by atoms with Crippen LogP contribution in [0.4, 0.5) is 0 Å². The number of hydrogen-bond acceptors (Lipinski definition) is 3. The van der Waals surface area contributed by atoms with E-state index in [1.165, 1.54) is 0 Å². The maximum Gasteiger partial charge on any atom is 0.137 e. The SMILES string of the molecule is N#Cc1cccc(-c2cccc(-n3c4ccccc4c4ccc5oc6ccccc6c5c43)c2C#N)c1-n1c2ccccc2c2ccccc21. The van der Waals surface area contributed by atoms with Gasteiger partial charge in [0.05, 0.1) is 50.0 Å². The Morgan fingerprint density at radius 3 is 1.73 bits per heavy atom. The molecule has 0 spiro atoms. The van der Waals surface area contributed by atoms with Crippen LogP contribution >= 0.6 is 0 Å². The van der Waals surface area contributed by atoms with E-state index in [9.17, 15) is 10.5 Å². The normalized spacial score (nSPS) is 11.6. The van der Waals surface area contributed by atoms with E-state index in [-0.39, 0.29) is 0 Å². The van der Waals surface area contributed by atoms with Crippen LogP contribution in [0.5, 0.6) is 0 Å².